The molecule has 0 amide bonds. The number of aromatic nitrogens is 3. The van der Waals surface area contributed by atoms with Gasteiger partial charge in [0.15, 0.2) is 5.65 Å². The summed E-state index contributed by atoms with van der Waals surface area (Å²) < 4.78 is 12.3. The van der Waals surface area contributed by atoms with Gasteiger partial charge in [-0.15, -0.1) is 11.3 Å². The molecule has 34 heavy (non-hydrogen) atoms. The Hall–Kier alpha value is -4.23. The van der Waals surface area contributed by atoms with Crippen molar-refractivity contribution in [2.24, 2.45) is 7.05 Å². The second-order valence-corrected chi connectivity index (χ2v) is 8.44. The number of nitrogen functional groups attached to an aromatic ring is 1. The Labute approximate surface area is 199 Å². The highest BCUT2D eigenvalue weighted by atomic mass is 32.1. The third-order valence-electron chi connectivity index (χ3n) is 5.21. The average Bonchev–Trinajstić information content (AvgIpc) is 3.32. The third-order valence-corrected chi connectivity index (χ3v) is 6.25. The van der Waals surface area contributed by atoms with Gasteiger partial charge in [-0.25, -0.2) is 14.6 Å². The Balaban J connectivity index is 1.74. The lowest BCUT2D eigenvalue weighted by Gasteiger charge is -2.10. The Kier molecular flexibility index (Phi) is 6.30. The van der Waals surface area contributed by atoms with Gasteiger partial charge in [-0.3, -0.25) is 4.68 Å². The molecule has 1 aromatic carbocycles. The molecule has 0 aliphatic heterocycles. The number of ether oxygens (including phenoxy) is 2. The molecule has 0 spiro atoms. The van der Waals surface area contributed by atoms with E-state index < -0.39 is 11.9 Å². The van der Waals surface area contributed by atoms with Gasteiger partial charge < -0.3 is 15.2 Å². The Morgan fingerprint density at radius 1 is 1.21 bits per heavy atom. The molecule has 0 bridgehead atoms. The van der Waals surface area contributed by atoms with Gasteiger partial charge in [0.25, 0.3) is 0 Å². The van der Waals surface area contributed by atoms with Gasteiger partial charge in [-0.1, -0.05) is 30.3 Å². The van der Waals surface area contributed by atoms with Crippen LogP contribution in [-0.4, -0.2) is 33.3 Å². The molecule has 0 unspecified atom stereocenters. The molecule has 0 aliphatic carbocycles. The van der Waals surface area contributed by atoms with E-state index in [2.05, 4.69) is 10.1 Å². The van der Waals surface area contributed by atoms with Crippen molar-refractivity contribution in [1.29, 1.82) is 5.26 Å². The van der Waals surface area contributed by atoms with E-state index in [1.165, 1.54) is 0 Å². The van der Waals surface area contributed by atoms with Crippen molar-refractivity contribution in [3.63, 3.8) is 0 Å². The predicted octanol–water partition coefficient (Wildman–Crippen LogP) is 3.99. The number of anilines is 1. The molecule has 0 radical (unpaired) electrons. The highest BCUT2D eigenvalue weighted by Crippen LogP contribution is 2.33. The lowest BCUT2D eigenvalue weighted by molar-refractivity contribution is 0.0454. The number of hydrogen-bond donors (Lipinski definition) is 1. The number of benzene rings is 1. The van der Waals surface area contributed by atoms with Gasteiger partial charge in [-0.05, 0) is 19.9 Å². The van der Waals surface area contributed by atoms with Crippen molar-refractivity contribution >= 4 is 39.3 Å². The summed E-state index contributed by atoms with van der Waals surface area (Å²) in [6.07, 6.45) is 0. The first-order valence-electron chi connectivity index (χ1n) is 10.4. The van der Waals surface area contributed by atoms with E-state index >= 15 is 0 Å². The standard InChI is InChI=1S/C24H21N5O4S/c1-4-32-24(31)20-17(16(11-25)21(26)34-20)12-33-23(30)15-10-18(14-8-6-5-7-9-14)27-22-19(15)13(2)28-29(22)3/h5-10H,4,12,26H2,1-3H3. The Morgan fingerprint density at radius 2 is 1.94 bits per heavy atom. The molecule has 0 saturated carbocycles. The fraction of sp³-hybridized carbons (Fsp3) is 0.208. The van der Waals surface area contributed by atoms with Crippen LogP contribution in [0.1, 0.15) is 43.8 Å². The first-order chi connectivity index (χ1) is 16.3. The highest BCUT2D eigenvalue weighted by molar-refractivity contribution is 7.18. The Bertz CT molecular complexity index is 1450. The number of carbonyl (C=O) groups excluding carboxylic acids is 2. The van der Waals surface area contributed by atoms with Crippen LogP contribution in [0.4, 0.5) is 5.00 Å². The van der Waals surface area contributed by atoms with E-state index in [0.29, 0.717) is 22.4 Å². The number of carbonyl (C=O) groups is 2. The van der Waals surface area contributed by atoms with E-state index in [4.69, 9.17) is 15.2 Å². The second-order valence-electron chi connectivity index (χ2n) is 7.39. The van der Waals surface area contributed by atoms with Gasteiger partial charge in [-0.2, -0.15) is 10.4 Å². The summed E-state index contributed by atoms with van der Waals surface area (Å²) in [5, 5.41) is 14.7. The molecule has 4 rings (SSSR count). The summed E-state index contributed by atoms with van der Waals surface area (Å²) in [7, 11) is 1.76. The van der Waals surface area contributed by atoms with Gasteiger partial charge in [0, 0.05) is 18.2 Å². The highest BCUT2D eigenvalue weighted by Gasteiger charge is 2.25. The minimum atomic E-state index is -0.635. The number of aryl methyl sites for hydroxylation is 2. The summed E-state index contributed by atoms with van der Waals surface area (Å²) in [5.41, 5.74) is 9.12. The van der Waals surface area contributed by atoms with Gasteiger partial charge in [0.1, 0.15) is 22.6 Å². The summed E-state index contributed by atoms with van der Waals surface area (Å²) in [6, 6.07) is 13.1. The molecule has 9 nitrogen and oxygen atoms in total. The number of nitriles is 1. The normalized spacial score (nSPS) is 10.8. The van der Waals surface area contributed by atoms with Crippen LogP contribution < -0.4 is 5.73 Å². The molecule has 3 aromatic heterocycles. The van der Waals surface area contributed by atoms with E-state index in [1.807, 2.05) is 36.4 Å². The molecule has 0 atom stereocenters. The van der Waals surface area contributed by atoms with Crippen LogP contribution in [0.15, 0.2) is 36.4 Å². The smallest absolute Gasteiger partial charge is 0.348 e. The Morgan fingerprint density at radius 3 is 2.62 bits per heavy atom. The van der Waals surface area contributed by atoms with Crippen molar-refractivity contribution in [2.45, 2.75) is 20.5 Å². The van der Waals surface area contributed by atoms with Gasteiger partial charge in [0.05, 0.1) is 34.5 Å². The predicted molar refractivity (Wildman–Crippen MR) is 127 cm³/mol. The number of fused-ring (bicyclic) bond motifs is 1. The minimum absolute atomic E-state index is 0.100. The monoisotopic (exact) mass is 475 g/mol. The number of rotatable bonds is 6. The summed E-state index contributed by atoms with van der Waals surface area (Å²) in [4.78, 5) is 30.5. The molecule has 3 heterocycles. The minimum Gasteiger partial charge on any atom is -0.462 e. The van der Waals surface area contributed by atoms with Crippen LogP contribution >= 0.6 is 11.3 Å². The van der Waals surface area contributed by atoms with E-state index in [-0.39, 0.29) is 39.8 Å². The zero-order valence-electron chi connectivity index (χ0n) is 18.8. The lowest BCUT2D eigenvalue weighted by Crippen LogP contribution is -2.11. The van der Waals surface area contributed by atoms with Crippen LogP contribution in [0.25, 0.3) is 22.3 Å². The van der Waals surface area contributed by atoms with Crippen molar-refractivity contribution in [2.75, 3.05) is 12.3 Å². The van der Waals surface area contributed by atoms with Crippen molar-refractivity contribution in [3.05, 3.63) is 63.7 Å². The molecule has 0 saturated heterocycles. The number of esters is 2. The number of hydrogen-bond acceptors (Lipinski definition) is 9. The largest absolute Gasteiger partial charge is 0.462 e. The van der Waals surface area contributed by atoms with Crippen molar-refractivity contribution in [3.8, 4) is 17.3 Å². The molecule has 10 heteroatoms. The average molecular weight is 476 g/mol. The summed E-state index contributed by atoms with van der Waals surface area (Å²) in [6.45, 7) is 3.31. The molecular weight excluding hydrogens is 454 g/mol. The fourth-order valence-electron chi connectivity index (χ4n) is 3.68. The maximum atomic E-state index is 13.3. The summed E-state index contributed by atoms with van der Waals surface area (Å²) in [5.74, 6) is -1.25. The zero-order chi connectivity index (χ0) is 24.4. The number of nitrogens with zero attached hydrogens (tertiary/aromatic N) is 4. The van der Waals surface area contributed by atoms with Crippen LogP contribution in [0.2, 0.25) is 0 Å². The maximum Gasteiger partial charge on any atom is 0.348 e. The van der Waals surface area contributed by atoms with E-state index in [9.17, 15) is 14.9 Å². The van der Waals surface area contributed by atoms with Crippen molar-refractivity contribution < 1.29 is 19.1 Å². The summed E-state index contributed by atoms with van der Waals surface area (Å²) >= 11 is 0.935. The van der Waals surface area contributed by atoms with E-state index in [1.54, 1.807) is 31.6 Å². The first kappa shape index (κ1) is 22.9. The molecule has 0 fully saturated rings. The SMILES string of the molecule is CCOC(=O)c1sc(N)c(C#N)c1COC(=O)c1cc(-c2ccccc2)nc2c1c(C)nn2C. The van der Waals surface area contributed by atoms with E-state index in [0.717, 1.165) is 16.9 Å². The molecule has 2 N–H and O–H groups in total. The van der Waals surface area contributed by atoms with Crippen molar-refractivity contribution in [1.82, 2.24) is 14.8 Å². The second kappa shape index (κ2) is 9.33. The van der Waals surface area contributed by atoms with Crippen LogP contribution in [0, 0.1) is 18.3 Å². The number of pyridine rings is 1. The third kappa shape index (κ3) is 4.09. The molecule has 172 valence electrons. The molecular formula is C24H21N5O4S. The fourth-order valence-corrected chi connectivity index (χ4v) is 4.60. The topological polar surface area (TPSA) is 133 Å². The molecule has 0 aliphatic rings. The van der Waals surface area contributed by atoms with Crippen LogP contribution in [-0.2, 0) is 23.1 Å². The van der Waals surface area contributed by atoms with Gasteiger partial charge >= 0.3 is 11.9 Å². The number of nitrogens with two attached hydrogens (primary N) is 1. The quantitative estimate of drug-likeness (QED) is 0.414. The van der Waals surface area contributed by atoms with Gasteiger partial charge in [0.2, 0.25) is 0 Å². The first-order valence-corrected chi connectivity index (χ1v) is 11.2. The molecule has 4 aromatic rings. The lowest BCUT2D eigenvalue weighted by atomic mass is 10.1. The number of thiophene rings is 1. The van der Waals surface area contributed by atoms with Crippen LogP contribution in [0.5, 0.6) is 0 Å². The maximum absolute atomic E-state index is 13.3. The zero-order valence-corrected chi connectivity index (χ0v) is 19.6. The van der Waals surface area contributed by atoms with Crippen LogP contribution in [0.3, 0.4) is 0 Å².